The third kappa shape index (κ3) is 16.5. The summed E-state index contributed by atoms with van der Waals surface area (Å²) in [6.45, 7) is 10.6. The molecule has 320 valence electrons. The minimum atomic E-state index is -2.61. The summed E-state index contributed by atoms with van der Waals surface area (Å²) in [6, 6.07) is 0. The highest BCUT2D eigenvalue weighted by Gasteiger charge is 2.50. The zero-order chi connectivity index (χ0) is 41.5. The van der Waals surface area contributed by atoms with Gasteiger partial charge in [0.15, 0.2) is 0 Å². The molecule has 23 heteroatoms. The first kappa shape index (κ1) is 45.2. The maximum Gasteiger partial charge on any atom is 0.617 e. The van der Waals surface area contributed by atoms with Gasteiger partial charge < -0.3 is 39.4 Å². The minimum absolute atomic E-state index is 0.0412. The van der Waals surface area contributed by atoms with E-state index in [0.717, 1.165) is 0 Å². The lowest BCUT2D eigenvalue weighted by Crippen LogP contribution is -2.50. The molecule has 5 fully saturated rings. The molecule has 5 aliphatic heterocycles. The number of carboxylic acid groups (broad SMARTS) is 4. The Morgan fingerprint density at radius 2 is 0.649 bits per heavy atom. The second-order valence-corrected chi connectivity index (χ2v) is 14.3. The summed E-state index contributed by atoms with van der Waals surface area (Å²) in [7, 11) is 0. The van der Waals surface area contributed by atoms with E-state index in [4.69, 9.17) is 39.4 Å². The second kappa shape index (κ2) is 21.9. The highest BCUT2D eigenvalue weighted by molar-refractivity contribution is 5.76. The summed E-state index contributed by atoms with van der Waals surface area (Å²) in [5.41, 5.74) is 0. The molecule has 2 unspecified atom stereocenters. The van der Waals surface area contributed by atoms with Crippen molar-refractivity contribution in [2.75, 3.05) is 157 Å². The van der Waals surface area contributed by atoms with Crippen molar-refractivity contribution in [3.63, 3.8) is 0 Å². The summed E-state index contributed by atoms with van der Waals surface area (Å²) >= 11 is 0. The number of hydrogen-bond acceptors (Lipinski definition) is 19. The molecule has 23 nitrogen and oxygen atoms in total. The number of carbonyl (C=O) groups excluding carboxylic acids is 3. The molecule has 0 radical (unpaired) electrons. The van der Waals surface area contributed by atoms with Gasteiger partial charge in [-0.05, 0) is 0 Å². The van der Waals surface area contributed by atoms with Crippen LogP contribution in [0.2, 0.25) is 0 Å². The minimum Gasteiger partial charge on any atom is -0.480 e. The average molecular weight is 815 g/mol. The van der Waals surface area contributed by atoms with Gasteiger partial charge in [0.1, 0.15) is 5.76 Å². The number of rotatable bonds is 8. The number of esters is 3. The molecule has 5 aliphatic rings. The molecule has 5 rings (SSSR count). The number of hydrogen-bond donors (Lipinski definition) is 4. The van der Waals surface area contributed by atoms with Gasteiger partial charge in [-0.1, -0.05) is 6.58 Å². The number of carboxylic acids is 4. The van der Waals surface area contributed by atoms with Crippen LogP contribution in [0.15, 0.2) is 12.3 Å². The van der Waals surface area contributed by atoms with Crippen molar-refractivity contribution in [3.8, 4) is 0 Å². The predicted octanol–water partition coefficient (Wildman–Crippen LogP) is -4.43. The van der Waals surface area contributed by atoms with Gasteiger partial charge in [0.05, 0.1) is 52.4 Å². The van der Waals surface area contributed by atoms with E-state index in [-0.39, 0.29) is 51.6 Å². The maximum atomic E-state index is 12.6. The number of aliphatic carboxylic acids is 4. The molecule has 0 aromatic carbocycles. The smallest absolute Gasteiger partial charge is 0.480 e. The van der Waals surface area contributed by atoms with E-state index < -0.39 is 47.9 Å². The molecule has 57 heavy (non-hydrogen) atoms. The summed E-state index contributed by atoms with van der Waals surface area (Å²) in [5, 5.41) is 36.3. The van der Waals surface area contributed by atoms with Gasteiger partial charge in [-0.15, -0.1) is 0 Å². The normalized spacial score (nSPS) is 29.3. The number of fused-ring (bicyclic) bond motifs is 12. The van der Waals surface area contributed by atoms with Crippen LogP contribution in [0.1, 0.15) is 0 Å². The van der Waals surface area contributed by atoms with Crippen molar-refractivity contribution in [2.24, 2.45) is 0 Å². The van der Waals surface area contributed by atoms with Crippen LogP contribution < -0.4 is 0 Å². The summed E-state index contributed by atoms with van der Waals surface area (Å²) < 4.78 is 21.6. The highest BCUT2D eigenvalue weighted by atomic mass is 17.0. The zero-order valence-electron chi connectivity index (χ0n) is 32.0. The van der Waals surface area contributed by atoms with Crippen LogP contribution in [0.3, 0.4) is 0 Å². The van der Waals surface area contributed by atoms with Gasteiger partial charge in [0, 0.05) is 105 Å². The third-order valence-corrected chi connectivity index (χ3v) is 9.74. The monoisotopic (exact) mass is 814 g/mol. The van der Waals surface area contributed by atoms with Crippen LogP contribution in [0.4, 0.5) is 0 Å². The topological polar surface area (TPSA) is 263 Å². The predicted molar refractivity (Wildman–Crippen MR) is 193 cm³/mol. The van der Waals surface area contributed by atoms with Crippen LogP contribution >= 0.6 is 0 Å². The van der Waals surface area contributed by atoms with E-state index in [1.54, 1.807) is 19.6 Å². The molecule has 1 spiro atoms. The van der Waals surface area contributed by atoms with Crippen molar-refractivity contribution < 1.29 is 72.9 Å². The van der Waals surface area contributed by atoms with E-state index in [1.165, 1.54) is 0 Å². The standard InChI is InChI=1S/C18H26N4O7.C16H28N4O8/c1-14-10-19-2-4-20-6-8-22-9-7-21(5-3-19)12-16(24)28-18(26-14,27-15(23)11-20)29-17(25)13-22;21-13(22)9-17-1-2-18(10-14(23)24)5-6-20(12-16(27)28)8-7-19(4-3-17)11-15(25)26/h1-13H2;1-12H2,(H,21,22)(H,23,24)(H,25,26)(H,27,28). The quantitative estimate of drug-likeness (QED) is 0.169. The van der Waals surface area contributed by atoms with Crippen molar-refractivity contribution >= 4 is 41.8 Å². The second-order valence-electron chi connectivity index (χ2n) is 14.3. The first-order valence-electron chi connectivity index (χ1n) is 18.7. The molecule has 5 bridgehead atoms. The van der Waals surface area contributed by atoms with Crippen molar-refractivity contribution in [2.45, 2.75) is 6.16 Å². The largest absolute Gasteiger partial charge is 0.617 e. The van der Waals surface area contributed by atoms with E-state index in [9.17, 15) is 33.6 Å². The molecule has 4 N–H and O–H groups in total. The first-order chi connectivity index (χ1) is 27.0. The van der Waals surface area contributed by atoms with Gasteiger partial charge in [0.2, 0.25) is 0 Å². The number of nitrogens with zero attached hydrogens (tertiary/aromatic N) is 8. The Morgan fingerprint density at radius 1 is 0.421 bits per heavy atom. The molecule has 5 saturated heterocycles. The zero-order valence-corrected chi connectivity index (χ0v) is 32.0. The maximum absolute atomic E-state index is 12.6. The van der Waals surface area contributed by atoms with Gasteiger partial charge in [-0.25, -0.2) is 0 Å². The summed E-state index contributed by atoms with van der Waals surface area (Å²) in [6.07, 6.45) is -2.61. The number of carbonyl (C=O) groups is 7. The fourth-order valence-electron chi connectivity index (χ4n) is 6.83. The lowest BCUT2D eigenvalue weighted by atomic mass is 10.3. The van der Waals surface area contributed by atoms with E-state index >= 15 is 0 Å². The van der Waals surface area contributed by atoms with Crippen LogP contribution in [-0.2, 0) is 52.5 Å². The summed E-state index contributed by atoms with van der Waals surface area (Å²) in [5.74, 6) is -6.05. The molecule has 2 atom stereocenters. The molecule has 0 amide bonds. The lowest BCUT2D eigenvalue weighted by molar-refractivity contribution is -0.437. The van der Waals surface area contributed by atoms with Crippen LogP contribution in [0.25, 0.3) is 0 Å². The Morgan fingerprint density at radius 3 is 0.877 bits per heavy atom. The van der Waals surface area contributed by atoms with Crippen molar-refractivity contribution in [1.29, 1.82) is 0 Å². The SMILES string of the molecule is C=C1CN2CCN3CCN4CCN(CC2)CC(=O)OC(O1)(OC(=O)C3)OC(=O)C4.O=C(O)CN1CCN(CC(=O)O)CCN(CC(=O)O)CCN(CC(=O)O)CC1. The fraction of sp³-hybridized carbons (Fsp3) is 0.735. The summed E-state index contributed by atoms with van der Waals surface area (Å²) in [4.78, 5) is 96.8. The lowest BCUT2D eigenvalue weighted by Gasteiger charge is -2.32. The third-order valence-electron chi connectivity index (χ3n) is 9.74. The Hall–Kier alpha value is -4.49. The molecule has 0 aromatic rings. The molecule has 5 heterocycles. The van der Waals surface area contributed by atoms with Gasteiger partial charge in [0.25, 0.3) is 0 Å². The molecular weight excluding hydrogens is 760 g/mol. The van der Waals surface area contributed by atoms with Gasteiger partial charge in [-0.2, -0.15) is 0 Å². The van der Waals surface area contributed by atoms with Gasteiger partial charge >= 0.3 is 47.9 Å². The fourth-order valence-corrected chi connectivity index (χ4v) is 6.83. The van der Waals surface area contributed by atoms with E-state index in [0.29, 0.717) is 111 Å². The Balaban J connectivity index is 0.000000253. The van der Waals surface area contributed by atoms with Crippen LogP contribution in [-0.4, -0.2) is 265 Å². The van der Waals surface area contributed by atoms with Crippen molar-refractivity contribution in [3.05, 3.63) is 12.3 Å². The molecular formula is C34H54N8O15. The van der Waals surface area contributed by atoms with Crippen molar-refractivity contribution in [1.82, 2.24) is 39.2 Å². The Labute approximate surface area is 329 Å². The first-order valence-corrected chi connectivity index (χ1v) is 18.7. The Bertz CT molecular complexity index is 1220. The molecule has 0 aromatic heterocycles. The van der Waals surface area contributed by atoms with Gasteiger partial charge in [-0.3, -0.25) is 72.8 Å². The average Bonchev–Trinajstić information content (AvgIpc) is 3.14. The highest BCUT2D eigenvalue weighted by Crippen LogP contribution is 2.25. The van der Waals surface area contributed by atoms with Crippen LogP contribution in [0.5, 0.6) is 0 Å². The Kier molecular flexibility index (Phi) is 17.4. The van der Waals surface area contributed by atoms with E-state index in [1.807, 2.05) is 14.7 Å². The van der Waals surface area contributed by atoms with Crippen LogP contribution in [0, 0.1) is 0 Å². The number of ether oxygens (including phenoxy) is 4. The molecule has 0 aliphatic carbocycles. The molecule has 0 saturated carbocycles. The van der Waals surface area contributed by atoms with E-state index in [2.05, 4.69) is 11.5 Å².